The molecule has 2 aliphatic rings. The number of anilines is 1. The number of amides is 2. The van der Waals surface area contributed by atoms with Crippen molar-refractivity contribution in [3.8, 4) is 11.3 Å². The van der Waals surface area contributed by atoms with Gasteiger partial charge in [0.1, 0.15) is 17.5 Å². The smallest absolute Gasteiger partial charge is 0.410 e. The number of carbonyl (C=O) groups excluding carboxylic acids is 2. The predicted octanol–water partition coefficient (Wildman–Crippen LogP) is 4.22. The van der Waals surface area contributed by atoms with Crippen molar-refractivity contribution < 1.29 is 14.3 Å². The van der Waals surface area contributed by atoms with Crippen molar-refractivity contribution in [2.45, 2.75) is 71.1 Å². The number of likely N-dealkylation sites (tertiary alicyclic amines) is 1. The van der Waals surface area contributed by atoms with E-state index in [0.29, 0.717) is 18.7 Å². The van der Waals surface area contributed by atoms with Crippen molar-refractivity contribution in [3.63, 3.8) is 0 Å². The highest BCUT2D eigenvalue weighted by molar-refractivity contribution is 5.99. The van der Waals surface area contributed by atoms with Crippen molar-refractivity contribution in [2.24, 2.45) is 0 Å². The number of hydrogen-bond acceptors (Lipinski definition) is 4. The number of benzene rings is 1. The molecular formula is C23H30N4O3. The van der Waals surface area contributed by atoms with Gasteiger partial charge in [0.15, 0.2) is 0 Å². The third-order valence-corrected chi connectivity index (χ3v) is 5.55. The van der Waals surface area contributed by atoms with E-state index < -0.39 is 17.7 Å². The zero-order chi connectivity index (χ0) is 21.3. The van der Waals surface area contributed by atoms with Gasteiger partial charge < -0.3 is 14.6 Å². The molecule has 3 heterocycles. The number of rotatable bonds is 3. The highest BCUT2D eigenvalue weighted by Gasteiger charge is 2.36. The first-order chi connectivity index (χ1) is 14.3. The highest BCUT2D eigenvalue weighted by atomic mass is 16.6. The van der Waals surface area contributed by atoms with Gasteiger partial charge in [-0.1, -0.05) is 18.2 Å². The van der Waals surface area contributed by atoms with Crippen LogP contribution < -0.4 is 5.32 Å². The summed E-state index contributed by atoms with van der Waals surface area (Å²) in [7, 11) is 0. The van der Waals surface area contributed by atoms with E-state index in [1.165, 1.54) is 6.42 Å². The molecule has 1 fully saturated rings. The summed E-state index contributed by atoms with van der Waals surface area (Å²) in [5.74, 6) is 0.916. The van der Waals surface area contributed by atoms with Gasteiger partial charge in [-0.05, 0) is 52.5 Å². The number of aryl methyl sites for hydroxylation is 2. The SMILES string of the molecule is CC(C)(C)OC(=O)N1CCC[C@@H]1C(=O)Nc1ccccc1-c1cn2c(n1)CCCC2. The maximum absolute atomic E-state index is 13.1. The lowest BCUT2D eigenvalue weighted by Crippen LogP contribution is -2.45. The molecule has 2 aliphatic heterocycles. The number of nitrogens with zero attached hydrogens (tertiary/aromatic N) is 3. The van der Waals surface area contributed by atoms with E-state index in [0.717, 1.165) is 42.9 Å². The fraction of sp³-hybridized carbons (Fsp3) is 0.522. The van der Waals surface area contributed by atoms with Gasteiger partial charge in [-0.2, -0.15) is 0 Å². The normalized spacial score (nSPS) is 18.8. The minimum atomic E-state index is -0.590. The fourth-order valence-electron chi connectivity index (χ4n) is 4.15. The molecule has 7 nitrogen and oxygen atoms in total. The van der Waals surface area contributed by atoms with Crippen LogP contribution in [0, 0.1) is 0 Å². The van der Waals surface area contributed by atoms with E-state index in [9.17, 15) is 9.59 Å². The summed E-state index contributed by atoms with van der Waals surface area (Å²) in [5.41, 5.74) is 1.90. The Labute approximate surface area is 177 Å². The van der Waals surface area contributed by atoms with Crippen LogP contribution in [0.5, 0.6) is 0 Å². The molecule has 1 saturated heterocycles. The fourth-order valence-corrected chi connectivity index (χ4v) is 4.15. The zero-order valence-electron chi connectivity index (χ0n) is 18.0. The quantitative estimate of drug-likeness (QED) is 0.822. The van der Waals surface area contributed by atoms with Crippen molar-refractivity contribution in [2.75, 3.05) is 11.9 Å². The van der Waals surface area contributed by atoms with Gasteiger partial charge in [-0.25, -0.2) is 9.78 Å². The van der Waals surface area contributed by atoms with Crippen molar-refractivity contribution in [1.29, 1.82) is 0 Å². The van der Waals surface area contributed by atoms with Gasteiger partial charge in [-0.3, -0.25) is 9.69 Å². The third-order valence-electron chi connectivity index (χ3n) is 5.55. The van der Waals surface area contributed by atoms with Gasteiger partial charge in [0.25, 0.3) is 0 Å². The third kappa shape index (κ3) is 4.35. The van der Waals surface area contributed by atoms with Crippen LogP contribution in [0.1, 0.15) is 52.3 Å². The van der Waals surface area contributed by atoms with Gasteiger partial charge >= 0.3 is 6.09 Å². The van der Waals surface area contributed by atoms with Crippen LogP contribution in [0.3, 0.4) is 0 Å². The molecule has 160 valence electrons. The molecule has 1 aromatic carbocycles. The van der Waals surface area contributed by atoms with Crippen molar-refractivity contribution in [1.82, 2.24) is 14.5 Å². The predicted molar refractivity (Wildman–Crippen MR) is 115 cm³/mol. The van der Waals surface area contributed by atoms with E-state index in [-0.39, 0.29) is 5.91 Å². The van der Waals surface area contributed by atoms with E-state index in [2.05, 4.69) is 16.1 Å². The molecule has 1 atom stereocenters. The maximum Gasteiger partial charge on any atom is 0.410 e. The summed E-state index contributed by atoms with van der Waals surface area (Å²) >= 11 is 0. The van der Waals surface area contributed by atoms with E-state index >= 15 is 0 Å². The molecule has 0 aliphatic carbocycles. The molecule has 4 rings (SSSR count). The Morgan fingerprint density at radius 2 is 1.93 bits per heavy atom. The van der Waals surface area contributed by atoms with Crippen LogP contribution in [0.25, 0.3) is 11.3 Å². The summed E-state index contributed by atoms with van der Waals surface area (Å²) in [6.45, 7) is 7.01. The standard InChI is InChI=1S/C23H30N4O3/c1-23(2,3)30-22(29)27-14-8-11-19(27)21(28)25-17-10-5-4-9-16(17)18-15-26-13-7-6-12-20(26)24-18/h4-5,9-10,15,19H,6-8,11-14H2,1-3H3,(H,25,28)/t19-/m1/s1. The molecule has 1 aromatic heterocycles. The first kappa shape index (κ1) is 20.4. The lowest BCUT2D eigenvalue weighted by molar-refractivity contribution is -0.120. The number of fused-ring (bicyclic) bond motifs is 1. The van der Waals surface area contributed by atoms with Gasteiger partial charge in [0, 0.05) is 31.3 Å². The van der Waals surface area contributed by atoms with Crippen LogP contribution in [-0.4, -0.2) is 44.6 Å². The molecule has 30 heavy (non-hydrogen) atoms. The number of ether oxygens (including phenoxy) is 1. The molecule has 1 N–H and O–H groups in total. The maximum atomic E-state index is 13.1. The average Bonchev–Trinajstić information content (AvgIpc) is 3.34. The minimum Gasteiger partial charge on any atom is -0.444 e. The lowest BCUT2D eigenvalue weighted by Gasteiger charge is -2.28. The molecule has 7 heteroatoms. The number of aromatic nitrogens is 2. The zero-order valence-corrected chi connectivity index (χ0v) is 18.0. The Kier molecular flexibility index (Phi) is 5.54. The Hall–Kier alpha value is -2.83. The van der Waals surface area contributed by atoms with Crippen LogP contribution in [0.2, 0.25) is 0 Å². The van der Waals surface area contributed by atoms with Gasteiger partial charge in [-0.15, -0.1) is 0 Å². The second-order valence-corrected chi connectivity index (χ2v) is 9.06. The number of para-hydroxylation sites is 1. The van der Waals surface area contributed by atoms with E-state index in [1.54, 1.807) is 4.90 Å². The molecule has 0 saturated carbocycles. The molecular weight excluding hydrogens is 380 g/mol. The van der Waals surface area contributed by atoms with E-state index in [4.69, 9.17) is 9.72 Å². The summed E-state index contributed by atoms with van der Waals surface area (Å²) < 4.78 is 7.69. The molecule has 0 radical (unpaired) electrons. The largest absolute Gasteiger partial charge is 0.444 e. The summed E-state index contributed by atoms with van der Waals surface area (Å²) in [6.07, 6.45) is 6.37. The Morgan fingerprint density at radius 3 is 2.70 bits per heavy atom. The molecule has 0 unspecified atom stereocenters. The first-order valence-corrected chi connectivity index (χ1v) is 10.8. The van der Waals surface area contributed by atoms with Gasteiger partial charge in [0.05, 0.1) is 11.4 Å². The first-order valence-electron chi connectivity index (χ1n) is 10.8. The lowest BCUT2D eigenvalue weighted by atomic mass is 10.1. The summed E-state index contributed by atoms with van der Waals surface area (Å²) in [6, 6.07) is 7.19. The van der Waals surface area contributed by atoms with Crippen LogP contribution in [0.4, 0.5) is 10.5 Å². The topological polar surface area (TPSA) is 76.5 Å². The molecule has 0 spiro atoms. The van der Waals surface area contributed by atoms with Crippen molar-refractivity contribution in [3.05, 3.63) is 36.3 Å². The Bertz CT molecular complexity index is 921. The van der Waals surface area contributed by atoms with Crippen LogP contribution in [-0.2, 0) is 22.5 Å². The number of imidazole rings is 1. The Balaban J connectivity index is 1.52. The Morgan fingerprint density at radius 1 is 1.13 bits per heavy atom. The number of carbonyl (C=O) groups is 2. The van der Waals surface area contributed by atoms with Crippen LogP contribution >= 0.6 is 0 Å². The minimum absolute atomic E-state index is 0.185. The summed E-state index contributed by atoms with van der Waals surface area (Å²) in [5, 5.41) is 3.04. The average molecular weight is 411 g/mol. The second-order valence-electron chi connectivity index (χ2n) is 9.06. The second kappa shape index (κ2) is 8.13. The van der Waals surface area contributed by atoms with Gasteiger partial charge in [0.2, 0.25) is 5.91 Å². The number of hydrogen-bond donors (Lipinski definition) is 1. The monoisotopic (exact) mass is 410 g/mol. The molecule has 0 bridgehead atoms. The summed E-state index contributed by atoms with van der Waals surface area (Å²) in [4.78, 5) is 32.0. The van der Waals surface area contributed by atoms with Crippen LogP contribution in [0.15, 0.2) is 30.5 Å². The number of nitrogens with one attached hydrogen (secondary N) is 1. The van der Waals surface area contributed by atoms with E-state index in [1.807, 2.05) is 45.0 Å². The molecule has 2 aromatic rings. The molecule has 2 amide bonds. The highest BCUT2D eigenvalue weighted by Crippen LogP contribution is 2.30. The van der Waals surface area contributed by atoms with Crippen molar-refractivity contribution >= 4 is 17.7 Å².